The molecule has 0 amide bonds. The van der Waals surface area contributed by atoms with Crippen LogP contribution in [0.25, 0.3) is 0 Å². The van der Waals surface area contributed by atoms with Crippen LogP contribution >= 0.6 is 0 Å². The Morgan fingerprint density at radius 3 is 1.96 bits per heavy atom. The number of rotatable bonds is 8. The Morgan fingerprint density at radius 2 is 1.57 bits per heavy atom. The van der Waals surface area contributed by atoms with Gasteiger partial charge < -0.3 is 9.84 Å². The van der Waals surface area contributed by atoms with Crippen LogP contribution in [0, 0.1) is 26.7 Å². The van der Waals surface area contributed by atoms with Crippen molar-refractivity contribution in [2.45, 2.75) is 73.4 Å². The van der Waals surface area contributed by atoms with Gasteiger partial charge in [0.15, 0.2) is 5.78 Å². The molecule has 0 bridgehead atoms. The number of benzene rings is 1. The van der Waals surface area contributed by atoms with Crippen molar-refractivity contribution in [3.8, 4) is 0 Å². The molecule has 6 heteroatoms. The van der Waals surface area contributed by atoms with Crippen molar-refractivity contribution in [3.63, 3.8) is 0 Å². The summed E-state index contributed by atoms with van der Waals surface area (Å²) in [5.74, 6) is -1.11. The maximum Gasteiger partial charge on any atom is 0.393 e. The molecule has 0 aliphatic carbocycles. The topological polar surface area (TPSA) is 46.5 Å². The summed E-state index contributed by atoms with van der Waals surface area (Å²) < 4.78 is 40.7. The van der Waals surface area contributed by atoms with E-state index in [9.17, 15) is 18.0 Å². The fourth-order valence-electron chi connectivity index (χ4n) is 2.61. The Labute approximate surface area is 168 Å². The van der Waals surface area contributed by atoms with Crippen LogP contribution in [-0.2, 0) is 4.74 Å². The number of aryl methyl sites for hydroxylation is 3. The van der Waals surface area contributed by atoms with Gasteiger partial charge in [-0.2, -0.15) is 13.2 Å². The summed E-state index contributed by atoms with van der Waals surface area (Å²) in [7, 11) is 1.00. The molecular formula is C22H37F3O3. The number of hydrogen-bond donors (Lipinski definition) is 1. The summed E-state index contributed by atoms with van der Waals surface area (Å²) in [4.78, 5) is 11.6. The number of alkyl halides is 3. The van der Waals surface area contributed by atoms with Crippen molar-refractivity contribution in [3.05, 3.63) is 34.4 Å². The first-order valence-corrected chi connectivity index (χ1v) is 9.74. The summed E-state index contributed by atoms with van der Waals surface area (Å²) >= 11 is 0. The van der Waals surface area contributed by atoms with E-state index >= 15 is 0 Å². The highest BCUT2D eigenvalue weighted by Gasteiger charge is 2.35. The minimum absolute atomic E-state index is 0.215. The van der Waals surface area contributed by atoms with Crippen LogP contribution in [0.4, 0.5) is 13.2 Å². The molecule has 0 fully saturated rings. The zero-order chi connectivity index (χ0) is 22.3. The van der Waals surface area contributed by atoms with Gasteiger partial charge in [0.1, 0.15) is 0 Å². The maximum atomic E-state index is 11.9. The Hall–Kier alpha value is -1.40. The Morgan fingerprint density at radius 1 is 1.07 bits per heavy atom. The number of aliphatic hydroxyl groups is 1. The van der Waals surface area contributed by atoms with Gasteiger partial charge in [0.2, 0.25) is 0 Å². The lowest BCUT2D eigenvalue weighted by Gasteiger charge is -2.15. The molecule has 0 heterocycles. The van der Waals surface area contributed by atoms with Gasteiger partial charge in [-0.05, 0) is 38.3 Å². The molecule has 0 saturated heterocycles. The maximum absolute atomic E-state index is 11.9. The predicted octanol–water partition coefficient (Wildman–Crippen LogP) is 6.20. The van der Waals surface area contributed by atoms with Crippen LogP contribution < -0.4 is 0 Å². The minimum atomic E-state index is -4.12. The third-order valence-corrected chi connectivity index (χ3v) is 4.10. The lowest BCUT2D eigenvalue weighted by Crippen LogP contribution is -2.24. The average Bonchev–Trinajstić information content (AvgIpc) is 2.61. The number of hydrogen-bond acceptors (Lipinski definition) is 3. The molecule has 1 rings (SSSR count). The SMILES string of the molecule is CCC(=O)c1c(C)cc(C)cc1C.CCCCCOCC(C)C(F)(F)F.CO. The molecule has 0 aliphatic heterocycles. The lowest BCUT2D eigenvalue weighted by atomic mass is 9.96. The highest BCUT2D eigenvalue weighted by Crippen LogP contribution is 2.25. The second-order valence-electron chi connectivity index (χ2n) is 6.78. The van der Waals surface area contributed by atoms with Crippen molar-refractivity contribution in [2.24, 2.45) is 5.92 Å². The summed E-state index contributed by atoms with van der Waals surface area (Å²) in [6.45, 7) is 11.4. The summed E-state index contributed by atoms with van der Waals surface area (Å²) in [5, 5.41) is 7.00. The van der Waals surface area contributed by atoms with E-state index in [1.807, 2.05) is 27.7 Å². The summed E-state index contributed by atoms with van der Waals surface area (Å²) in [5.41, 5.74) is 4.34. The molecule has 0 saturated carbocycles. The van der Waals surface area contributed by atoms with Crippen LogP contribution in [0.2, 0.25) is 0 Å². The molecule has 1 aromatic carbocycles. The largest absolute Gasteiger partial charge is 0.400 e. The van der Waals surface area contributed by atoms with Crippen LogP contribution in [0.1, 0.15) is 73.5 Å². The highest BCUT2D eigenvalue weighted by molar-refractivity contribution is 5.98. The molecule has 164 valence electrons. The van der Waals surface area contributed by atoms with Gasteiger partial charge in [0, 0.05) is 25.7 Å². The van der Waals surface area contributed by atoms with E-state index in [0.717, 1.165) is 50.0 Å². The number of ether oxygens (including phenoxy) is 1. The molecule has 0 aliphatic rings. The van der Waals surface area contributed by atoms with Gasteiger partial charge in [0.25, 0.3) is 0 Å². The fourth-order valence-corrected chi connectivity index (χ4v) is 2.61. The summed E-state index contributed by atoms with van der Waals surface area (Å²) in [6.07, 6.45) is -0.616. The second-order valence-corrected chi connectivity index (χ2v) is 6.78. The third kappa shape index (κ3) is 12.1. The number of ketones is 1. The predicted molar refractivity (Wildman–Crippen MR) is 109 cm³/mol. The van der Waals surface area contributed by atoms with E-state index in [0.29, 0.717) is 13.0 Å². The monoisotopic (exact) mass is 406 g/mol. The quantitative estimate of drug-likeness (QED) is 0.413. The van der Waals surface area contributed by atoms with Gasteiger partial charge >= 0.3 is 6.18 Å². The smallest absolute Gasteiger partial charge is 0.393 e. The van der Waals surface area contributed by atoms with Gasteiger partial charge in [-0.25, -0.2) is 0 Å². The third-order valence-electron chi connectivity index (χ3n) is 4.10. The molecular weight excluding hydrogens is 369 g/mol. The van der Waals surface area contributed by atoms with Crippen molar-refractivity contribution < 1.29 is 27.8 Å². The van der Waals surface area contributed by atoms with Crippen LogP contribution in [0.15, 0.2) is 12.1 Å². The van der Waals surface area contributed by atoms with E-state index < -0.39 is 12.1 Å². The second kappa shape index (κ2) is 15.5. The first-order valence-electron chi connectivity index (χ1n) is 9.74. The van der Waals surface area contributed by atoms with Gasteiger partial charge in [-0.15, -0.1) is 0 Å². The molecule has 28 heavy (non-hydrogen) atoms. The molecule has 0 radical (unpaired) electrons. The van der Waals surface area contributed by atoms with E-state index in [4.69, 9.17) is 9.84 Å². The minimum Gasteiger partial charge on any atom is -0.400 e. The van der Waals surface area contributed by atoms with Crippen molar-refractivity contribution in [1.82, 2.24) is 0 Å². The molecule has 0 spiro atoms. The number of aliphatic hydroxyl groups excluding tert-OH is 1. The van der Waals surface area contributed by atoms with Crippen molar-refractivity contribution >= 4 is 5.78 Å². The lowest BCUT2D eigenvalue weighted by molar-refractivity contribution is -0.182. The van der Waals surface area contributed by atoms with Crippen LogP contribution in [0.3, 0.4) is 0 Å². The van der Waals surface area contributed by atoms with Crippen LogP contribution in [0.5, 0.6) is 0 Å². The molecule has 1 atom stereocenters. The molecule has 1 aromatic rings. The van der Waals surface area contributed by atoms with Crippen molar-refractivity contribution in [1.29, 1.82) is 0 Å². The number of Topliss-reactive ketones (excluding diaryl/α,β-unsaturated/α-hetero) is 1. The zero-order valence-electron chi connectivity index (χ0n) is 18.4. The number of halogens is 3. The fraction of sp³-hybridized carbons (Fsp3) is 0.682. The van der Waals surface area contributed by atoms with Crippen LogP contribution in [-0.4, -0.2) is 37.4 Å². The van der Waals surface area contributed by atoms with Gasteiger partial charge in [0.05, 0.1) is 12.5 Å². The highest BCUT2D eigenvalue weighted by atomic mass is 19.4. The number of carbonyl (C=O) groups is 1. The average molecular weight is 407 g/mol. The van der Waals surface area contributed by atoms with E-state index in [1.165, 1.54) is 5.56 Å². The molecule has 1 unspecified atom stereocenters. The number of unbranched alkanes of at least 4 members (excludes halogenated alkanes) is 2. The van der Waals surface area contributed by atoms with Gasteiger partial charge in [-0.1, -0.05) is 51.3 Å². The number of carbonyl (C=O) groups excluding carboxylic acids is 1. The molecule has 1 N–H and O–H groups in total. The van der Waals surface area contributed by atoms with E-state index in [2.05, 4.69) is 19.1 Å². The molecule has 0 aromatic heterocycles. The summed E-state index contributed by atoms with van der Waals surface area (Å²) in [6, 6.07) is 4.13. The zero-order valence-corrected chi connectivity index (χ0v) is 18.4. The van der Waals surface area contributed by atoms with Gasteiger partial charge in [-0.3, -0.25) is 4.79 Å². The Balaban J connectivity index is 0. The molecule has 3 nitrogen and oxygen atoms in total. The Bertz CT molecular complexity index is 531. The standard InChI is InChI=1S/C12H16O.C9H17F3O.CH4O/c1-5-11(13)12-9(3)6-8(2)7-10(12)4;1-3-4-5-6-13-7-8(2)9(10,11)12;1-2/h6-7H,5H2,1-4H3;8H,3-7H2,1-2H3;2H,1H3. The normalized spacial score (nSPS) is 11.7. The first kappa shape index (κ1) is 28.8. The van der Waals surface area contributed by atoms with Crippen molar-refractivity contribution in [2.75, 3.05) is 20.3 Å². The first-order chi connectivity index (χ1) is 13.0. The van der Waals surface area contributed by atoms with E-state index in [-0.39, 0.29) is 12.4 Å². The Kier molecular flexibility index (Phi) is 16.0. The van der Waals surface area contributed by atoms with E-state index in [1.54, 1.807) is 0 Å².